The van der Waals surface area contributed by atoms with Crippen LogP contribution in [-0.2, 0) is 41.8 Å². The van der Waals surface area contributed by atoms with Crippen molar-refractivity contribution in [2.45, 2.75) is 90.9 Å². The van der Waals surface area contributed by atoms with E-state index in [-0.39, 0.29) is 59.4 Å². The first kappa shape index (κ1) is 42.1. The molecular formula is C59H55FIrN-. The minimum Gasteiger partial charge on any atom is -0.309 e. The van der Waals surface area contributed by atoms with E-state index in [2.05, 4.69) is 203 Å². The Labute approximate surface area is 382 Å². The maximum Gasteiger partial charge on any atom is 0.0410 e. The average Bonchev–Trinajstić information content (AvgIpc) is 3.60. The predicted molar refractivity (Wildman–Crippen MR) is 255 cm³/mol. The Kier molecular flexibility index (Phi) is 9.97. The molecule has 313 valence electrons. The van der Waals surface area contributed by atoms with Crippen LogP contribution in [0.2, 0.25) is 0 Å². The number of allylic oxidation sites excluding steroid dienone is 5. The van der Waals surface area contributed by atoms with Crippen LogP contribution < -0.4 is 0 Å². The third-order valence-corrected chi connectivity index (χ3v) is 14.1. The summed E-state index contributed by atoms with van der Waals surface area (Å²) in [5.41, 5.74) is 21.0. The topological polar surface area (TPSA) is 12.4 Å². The number of hydrogen-bond donors (Lipinski definition) is 0. The molecule has 0 fully saturated rings. The molecule has 0 saturated carbocycles. The summed E-state index contributed by atoms with van der Waals surface area (Å²) in [5, 5.41) is 0. The molecule has 0 saturated heterocycles. The van der Waals surface area contributed by atoms with Crippen LogP contribution in [0.1, 0.15) is 108 Å². The minimum atomic E-state index is -0.387. The zero-order valence-electron chi connectivity index (χ0n) is 37.6. The number of aliphatic imine (C=N–C) groups is 1. The SMILES string of the molecule is CC(C)(C)c1ccc2c(c1)C(C)(C)c1cc(-c3cc(-c4cc(F)[c-]c(C5=NC=CC6C=CC=CC56)c4)cc(-c4ccc5c(c4)C(C)(C)c4cc(C(C)(C)C)ccc4-5)c3)ccc1-2.[Ir]. The number of benzene rings is 6. The van der Waals surface area contributed by atoms with Crippen molar-refractivity contribution >= 4 is 5.71 Å². The van der Waals surface area contributed by atoms with Crippen LogP contribution in [0, 0.1) is 23.7 Å². The fraction of sp³-hybridized carbons (Fsp3) is 0.271. The molecule has 0 amide bonds. The predicted octanol–water partition coefficient (Wildman–Crippen LogP) is 15.5. The van der Waals surface area contributed by atoms with Gasteiger partial charge in [0.1, 0.15) is 0 Å². The maximum absolute atomic E-state index is 15.9. The smallest absolute Gasteiger partial charge is 0.0410 e. The van der Waals surface area contributed by atoms with Crippen molar-refractivity contribution in [2.75, 3.05) is 0 Å². The van der Waals surface area contributed by atoms with Crippen molar-refractivity contribution < 1.29 is 24.5 Å². The first-order chi connectivity index (χ1) is 28.9. The number of halogens is 1. The van der Waals surface area contributed by atoms with Crippen LogP contribution >= 0.6 is 0 Å². The molecular weight excluding hydrogens is 934 g/mol. The number of fused-ring (bicyclic) bond motifs is 7. The van der Waals surface area contributed by atoms with Gasteiger partial charge < -0.3 is 4.99 Å². The molecule has 6 aromatic carbocycles. The van der Waals surface area contributed by atoms with Gasteiger partial charge in [-0.05, 0) is 136 Å². The van der Waals surface area contributed by atoms with Gasteiger partial charge in [-0.1, -0.05) is 172 Å². The van der Waals surface area contributed by atoms with Crippen molar-refractivity contribution in [2.24, 2.45) is 16.8 Å². The zero-order valence-corrected chi connectivity index (χ0v) is 40.0. The number of hydrogen-bond acceptors (Lipinski definition) is 1. The Balaban J connectivity index is 0.00000490. The molecule has 2 unspecified atom stereocenters. The minimum absolute atomic E-state index is 0. The third-order valence-electron chi connectivity index (χ3n) is 14.1. The first-order valence-corrected chi connectivity index (χ1v) is 22.0. The molecule has 1 heterocycles. The fourth-order valence-corrected chi connectivity index (χ4v) is 10.4. The summed E-state index contributed by atoms with van der Waals surface area (Å²) >= 11 is 0. The molecule has 1 radical (unpaired) electrons. The third kappa shape index (κ3) is 6.88. The van der Waals surface area contributed by atoms with Gasteiger partial charge >= 0.3 is 0 Å². The molecule has 0 aromatic heterocycles. The van der Waals surface area contributed by atoms with Gasteiger partial charge in [-0.15, -0.1) is 17.7 Å². The molecule has 3 aliphatic carbocycles. The van der Waals surface area contributed by atoms with E-state index in [0.29, 0.717) is 5.56 Å². The van der Waals surface area contributed by atoms with E-state index in [1.165, 1.54) is 55.6 Å². The summed E-state index contributed by atoms with van der Waals surface area (Å²) in [7, 11) is 0. The van der Waals surface area contributed by atoms with Crippen molar-refractivity contribution in [3.63, 3.8) is 0 Å². The molecule has 1 nitrogen and oxygen atoms in total. The second kappa shape index (κ2) is 14.7. The van der Waals surface area contributed by atoms with Gasteiger partial charge in [-0.2, -0.15) is 0 Å². The van der Waals surface area contributed by atoms with Crippen molar-refractivity contribution in [1.29, 1.82) is 0 Å². The molecule has 4 aliphatic rings. The van der Waals surface area contributed by atoms with Crippen LogP contribution in [-0.4, -0.2) is 5.71 Å². The van der Waals surface area contributed by atoms with Crippen LogP contribution in [0.25, 0.3) is 55.6 Å². The summed E-state index contributed by atoms with van der Waals surface area (Å²) in [6.45, 7) is 23.2. The van der Waals surface area contributed by atoms with E-state index in [1.54, 1.807) is 6.07 Å². The summed E-state index contributed by atoms with van der Waals surface area (Å²) in [6.07, 6.45) is 12.5. The summed E-state index contributed by atoms with van der Waals surface area (Å²) < 4.78 is 15.9. The van der Waals surface area contributed by atoms with E-state index < -0.39 is 0 Å². The molecule has 0 bridgehead atoms. The summed E-state index contributed by atoms with van der Waals surface area (Å²) in [4.78, 5) is 4.81. The molecule has 0 N–H and O–H groups in total. The zero-order chi connectivity index (χ0) is 42.8. The fourth-order valence-electron chi connectivity index (χ4n) is 10.4. The van der Waals surface area contributed by atoms with Gasteiger partial charge in [0.25, 0.3) is 0 Å². The summed E-state index contributed by atoms with van der Waals surface area (Å²) in [5.74, 6) is -0.153. The monoisotopic (exact) mass is 989 g/mol. The molecule has 1 aliphatic heterocycles. The molecule has 6 aromatic rings. The van der Waals surface area contributed by atoms with E-state index in [1.807, 2.05) is 6.20 Å². The van der Waals surface area contributed by atoms with Crippen LogP contribution in [0.5, 0.6) is 0 Å². The Bertz CT molecular complexity index is 2810. The van der Waals surface area contributed by atoms with Gasteiger partial charge in [0, 0.05) is 48.9 Å². The van der Waals surface area contributed by atoms with Crippen molar-refractivity contribution in [1.82, 2.24) is 0 Å². The first-order valence-electron chi connectivity index (χ1n) is 22.0. The van der Waals surface area contributed by atoms with Gasteiger partial charge in [0.15, 0.2) is 0 Å². The van der Waals surface area contributed by atoms with Crippen LogP contribution in [0.15, 0.2) is 145 Å². The van der Waals surface area contributed by atoms with Crippen molar-refractivity contribution in [3.05, 3.63) is 191 Å². The molecule has 10 rings (SSSR count). The number of nitrogens with zero attached hydrogens (tertiary/aromatic N) is 1. The second-order valence-corrected chi connectivity index (χ2v) is 20.9. The van der Waals surface area contributed by atoms with Gasteiger partial charge in [-0.3, -0.25) is 0 Å². The molecule has 0 spiro atoms. The Morgan fingerprint density at radius 2 is 0.935 bits per heavy atom. The molecule has 3 heteroatoms. The standard InChI is InChI=1S/C59H55FN.Ir/c1-56(2,3)43-17-21-49-47-19-15-36(31-51(47)58(7,8)53(49)33-43)38-25-39(37-16-20-48-50-22-18-44(57(4,5)6)34-54(50)59(9,10)52(48)32-37)27-40(26-38)41-28-42(30-45(60)29-41)55-46-14-12-11-13-35(46)23-24-61-55;/h11-29,31-35,46H,1-10H3;/q-1;. The van der Waals surface area contributed by atoms with Gasteiger partial charge in [-0.25, -0.2) is 4.39 Å². The quantitative estimate of drug-likeness (QED) is 0.156. The van der Waals surface area contributed by atoms with Crippen LogP contribution in [0.3, 0.4) is 0 Å². The van der Waals surface area contributed by atoms with E-state index in [0.717, 1.165) is 39.1 Å². The Hall–Kier alpha value is -5.21. The normalized spacial score (nSPS) is 18.6. The maximum atomic E-state index is 15.9. The largest absolute Gasteiger partial charge is 0.309 e. The Morgan fingerprint density at radius 3 is 1.44 bits per heavy atom. The molecule has 62 heavy (non-hydrogen) atoms. The number of rotatable bonds is 4. The Morgan fingerprint density at radius 1 is 0.500 bits per heavy atom. The van der Waals surface area contributed by atoms with Gasteiger partial charge in [0.05, 0.1) is 0 Å². The second-order valence-electron chi connectivity index (χ2n) is 20.9. The van der Waals surface area contributed by atoms with Crippen molar-refractivity contribution in [3.8, 4) is 55.6 Å². The van der Waals surface area contributed by atoms with E-state index in [4.69, 9.17) is 4.99 Å². The van der Waals surface area contributed by atoms with E-state index >= 15 is 4.39 Å². The van der Waals surface area contributed by atoms with Gasteiger partial charge in [0.2, 0.25) is 0 Å². The molecule has 2 atom stereocenters. The summed E-state index contributed by atoms with van der Waals surface area (Å²) in [6, 6.07) is 41.7. The van der Waals surface area contributed by atoms with E-state index in [9.17, 15) is 0 Å². The average molecular weight is 989 g/mol. The van der Waals surface area contributed by atoms with Crippen LogP contribution in [0.4, 0.5) is 4.39 Å².